The Morgan fingerprint density at radius 2 is 0.971 bits per heavy atom. The van der Waals surface area contributed by atoms with E-state index < -0.39 is 6.28 Å². The van der Waals surface area contributed by atoms with Crippen LogP contribution in [0.15, 0.2) is 97.1 Å². The number of nitrogens with zero attached hydrogens (tertiary/aromatic N) is 1. The molecule has 0 radical (unpaired) electrons. The first-order valence-electron chi connectivity index (χ1n) is 11.8. The third-order valence-electron chi connectivity index (χ3n) is 7.62. The first-order chi connectivity index (χ1) is 16.7. The molecule has 0 fully saturated rings. The second kappa shape index (κ2) is 8.58. The molecule has 0 unspecified atom stereocenters. The van der Waals surface area contributed by atoms with E-state index in [1.54, 1.807) is 0 Å². The summed E-state index contributed by atoms with van der Waals surface area (Å²) in [5.74, 6) is -0.930. The minimum atomic E-state index is -1.76. The van der Waals surface area contributed by atoms with E-state index in [9.17, 15) is 13.2 Å². The van der Waals surface area contributed by atoms with Gasteiger partial charge in [-0.2, -0.15) is 0 Å². The largest absolute Gasteiger partial charge is 0.505 e. The van der Waals surface area contributed by atoms with E-state index >= 15 is 0 Å². The van der Waals surface area contributed by atoms with Gasteiger partial charge in [0.15, 0.2) is 0 Å². The van der Waals surface area contributed by atoms with Gasteiger partial charge >= 0.3 is 0 Å². The molecule has 0 saturated heterocycles. The summed E-state index contributed by atoms with van der Waals surface area (Å²) in [6.07, 6.45) is -1.76. The highest BCUT2D eigenvalue weighted by Gasteiger charge is 2.53. The molecule has 5 rings (SSSR count). The van der Waals surface area contributed by atoms with Crippen molar-refractivity contribution in [1.82, 2.24) is 0 Å². The van der Waals surface area contributed by atoms with Gasteiger partial charge in [0.2, 0.25) is 0 Å². The molecular formula is C30H27BF3N. The van der Waals surface area contributed by atoms with Crippen molar-refractivity contribution in [3.05, 3.63) is 131 Å². The summed E-state index contributed by atoms with van der Waals surface area (Å²) in [5, 5.41) is 0. The molecule has 0 bridgehead atoms. The molecule has 0 aliphatic carbocycles. The lowest BCUT2D eigenvalue weighted by Gasteiger charge is -2.53. The van der Waals surface area contributed by atoms with Gasteiger partial charge in [-0.25, -0.2) is 13.2 Å². The van der Waals surface area contributed by atoms with Crippen LogP contribution < -0.4 is 10.9 Å². The Labute approximate surface area is 204 Å². The van der Waals surface area contributed by atoms with Crippen LogP contribution >= 0.6 is 0 Å². The summed E-state index contributed by atoms with van der Waals surface area (Å²) in [4.78, 5) is 0. The Bertz CT molecular complexity index is 1340. The van der Waals surface area contributed by atoms with Crippen molar-refractivity contribution in [1.29, 1.82) is 0 Å². The van der Waals surface area contributed by atoms with E-state index in [4.69, 9.17) is 0 Å². The minimum absolute atomic E-state index is 0.306. The van der Waals surface area contributed by atoms with Crippen molar-refractivity contribution in [3.63, 3.8) is 0 Å². The number of aryl methyl sites for hydroxylation is 1. The summed E-state index contributed by atoms with van der Waals surface area (Å²) in [7, 11) is 4.33. The van der Waals surface area contributed by atoms with Gasteiger partial charge in [0.05, 0.1) is 6.54 Å². The fourth-order valence-corrected chi connectivity index (χ4v) is 6.09. The summed E-state index contributed by atoms with van der Waals surface area (Å²) >= 11 is 0. The summed E-state index contributed by atoms with van der Waals surface area (Å²) < 4.78 is 42.7. The average molecular weight is 469 g/mol. The quantitative estimate of drug-likeness (QED) is 0.336. The molecule has 0 spiro atoms. The molecule has 176 valence electrons. The number of rotatable bonds is 4. The Hall–Kier alpha value is -3.57. The molecule has 0 amide bonds. The molecule has 1 aliphatic heterocycles. The molecule has 0 saturated carbocycles. The van der Waals surface area contributed by atoms with Gasteiger partial charge in [0.1, 0.15) is 17.5 Å². The van der Waals surface area contributed by atoms with Crippen molar-refractivity contribution in [2.24, 2.45) is 0 Å². The molecule has 5 heteroatoms. The Morgan fingerprint density at radius 3 is 1.43 bits per heavy atom. The fourth-order valence-electron chi connectivity index (χ4n) is 6.09. The van der Waals surface area contributed by atoms with Gasteiger partial charge in [-0.05, 0) is 54.5 Å². The predicted octanol–water partition coefficient (Wildman–Crippen LogP) is 5.71. The zero-order valence-corrected chi connectivity index (χ0v) is 20.1. The third-order valence-corrected chi connectivity index (χ3v) is 7.62. The van der Waals surface area contributed by atoms with Crippen molar-refractivity contribution in [3.8, 4) is 0 Å². The van der Waals surface area contributed by atoms with Gasteiger partial charge in [0.25, 0.3) is 6.28 Å². The van der Waals surface area contributed by atoms with Gasteiger partial charge in [-0.15, -0.1) is 16.4 Å². The molecule has 35 heavy (non-hydrogen) atoms. The van der Waals surface area contributed by atoms with E-state index in [0.29, 0.717) is 10.9 Å². The number of benzene rings is 4. The maximum absolute atomic E-state index is 14.1. The van der Waals surface area contributed by atoms with Crippen LogP contribution in [0.2, 0.25) is 0 Å². The monoisotopic (exact) mass is 469 g/mol. The van der Waals surface area contributed by atoms with E-state index in [1.807, 2.05) is 36.4 Å². The Morgan fingerprint density at radius 1 is 0.571 bits per heavy atom. The topological polar surface area (TPSA) is 0 Å². The number of hydrogen-bond donors (Lipinski definition) is 0. The molecule has 1 aliphatic rings. The summed E-state index contributed by atoms with van der Waals surface area (Å²) in [6.45, 7) is 2.75. The van der Waals surface area contributed by atoms with Gasteiger partial charge in [0, 0.05) is 14.1 Å². The van der Waals surface area contributed by atoms with E-state index in [2.05, 4.69) is 45.3 Å². The lowest BCUT2D eigenvalue weighted by molar-refractivity contribution is -0.774. The van der Waals surface area contributed by atoms with Gasteiger partial charge in [-0.3, -0.25) is 0 Å². The number of hydrogen-bond acceptors (Lipinski definition) is 0. The fraction of sp³-hybridized carbons (Fsp3) is 0.133. The van der Waals surface area contributed by atoms with E-state index in [-0.39, 0.29) is 17.5 Å². The average Bonchev–Trinajstić information content (AvgIpc) is 3.09. The van der Waals surface area contributed by atoms with Crippen LogP contribution in [0, 0.1) is 24.4 Å². The maximum Gasteiger partial charge on any atom is 0.292 e. The van der Waals surface area contributed by atoms with Crippen molar-refractivity contribution in [2.75, 3.05) is 20.6 Å². The molecule has 1 heterocycles. The zero-order chi connectivity index (χ0) is 24.8. The molecule has 0 aromatic heterocycles. The van der Waals surface area contributed by atoms with Crippen LogP contribution in [-0.2, 0) is 0 Å². The number of halogens is 3. The second-order valence-electron chi connectivity index (χ2n) is 10.1. The van der Waals surface area contributed by atoms with Crippen molar-refractivity contribution >= 4 is 28.3 Å². The molecule has 1 nitrogen and oxygen atoms in total. The standard InChI is InChI=1S/C30H27BF3N/c1-21-4-6-22(7-5-21)29-20-35(2,3)31(24-10-16-27(33)17-11-24,25-12-18-28(34)19-13-25)30(29)23-8-14-26(32)15-9-23/h4-19H,20H2,1-3H3. The highest BCUT2D eigenvalue weighted by Crippen LogP contribution is 2.45. The molecule has 0 atom stereocenters. The van der Waals surface area contributed by atoms with Crippen molar-refractivity contribution in [2.45, 2.75) is 6.92 Å². The summed E-state index contributed by atoms with van der Waals surface area (Å²) in [6, 6.07) is 28.3. The maximum atomic E-state index is 14.1. The molecule has 4 aromatic rings. The highest BCUT2D eigenvalue weighted by atomic mass is 19.1. The van der Waals surface area contributed by atoms with Gasteiger partial charge < -0.3 is 4.39 Å². The first-order valence-corrected chi connectivity index (χ1v) is 11.8. The molecular weight excluding hydrogens is 442 g/mol. The number of likely N-dealkylation sites (N-methyl/N-ethyl adjacent to an activating group) is 1. The van der Waals surface area contributed by atoms with Crippen LogP contribution in [-0.4, -0.2) is 31.3 Å². The van der Waals surface area contributed by atoms with E-state index in [0.717, 1.165) is 33.1 Å². The second-order valence-corrected chi connectivity index (χ2v) is 10.1. The zero-order valence-electron chi connectivity index (χ0n) is 20.1. The Kier molecular flexibility index (Phi) is 5.69. The highest BCUT2D eigenvalue weighted by molar-refractivity contribution is 7.11. The van der Waals surface area contributed by atoms with Crippen LogP contribution in [0.1, 0.15) is 16.7 Å². The van der Waals surface area contributed by atoms with Crippen molar-refractivity contribution < 1.29 is 17.6 Å². The smallest absolute Gasteiger partial charge is 0.292 e. The van der Waals surface area contributed by atoms with Crippen LogP contribution in [0.25, 0.3) is 11.0 Å². The first kappa shape index (κ1) is 23.2. The third kappa shape index (κ3) is 3.80. The molecule has 4 aromatic carbocycles. The van der Waals surface area contributed by atoms with E-state index in [1.165, 1.54) is 42.0 Å². The Balaban J connectivity index is 1.93. The predicted molar refractivity (Wildman–Crippen MR) is 139 cm³/mol. The van der Waals surface area contributed by atoms with Crippen LogP contribution in [0.3, 0.4) is 0 Å². The number of quaternary nitrogens is 1. The van der Waals surface area contributed by atoms with Crippen LogP contribution in [0.4, 0.5) is 13.2 Å². The molecule has 0 N–H and O–H groups in total. The van der Waals surface area contributed by atoms with Gasteiger partial charge in [-0.1, -0.05) is 71.8 Å². The normalized spacial score (nSPS) is 16.5. The SMILES string of the molecule is Cc1ccc(C2=C(c3ccc(F)cc3)[B-](c3ccc(F)cc3)(c3ccc(F)cc3)[N+](C)(C)C2)cc1. The minimum Gasteiger partial charge on any atom is -0.505 e. The van der Waals surface area contributed by atoms with Crippen LogP contribution in [0.5, 0.6) is 0 Å². The lowest BCUT2D eigenvalue weighted by Crippen LogP contribution is -2.75. The summed E-state index contributed by atoms with van der Waals surface area (Å²) in [5.41, 5.74) is 7.27. The lowest BCUT2D eigenvalue weighted by atomic mass is 9.21.